The van der Waals surface area contributed by atoms with Crippen LogP contribution in [0, 0.1) is 11.3 Å². The summed E-state index contributed by atoms with van der Waals surface area (Å²) >= 11 is 3.18. The highest BCUT2D eigenvalue weighted by Crippen LogP contribution is 2.21. The molecule has 0 fully saturated rings. The Balaban J connectivity index is 3.34. The molecule has 0 bridgehead atoms. The molecule has 0 aromatic heterocycles. The number of carboxylic acids is 1. The standard InChI is InChI=1S/C13H12BrNO3/c1-8(14)13(18)12-9(5-6-15)3-2-4-10(12)7-11(16)17/h2-4,8H,5,7H2,1H3,(H,16,17). The molecular weight excluding hydrogens is 298 g/mol. The van der Waals surface area contributed by atoms with Gasteiger partial charge in [-0.25, -0.2) is 0 Å². The molecule has 0 aliphatic carbocycles. The van der Waals surface area contributed by atoms with Crippen molar-refractivity contribution < 1.29 is 14.7 Å². The third-order valence-corrected chi connectivity index (χ3v) is 2.87. The lowest BCUT2D eigenvalue weighted by Gasteiger charge is -2.12. The topological polar surface area (TPSA) is 78.2 Å². The van der Waals surface area contributed by atoms with Crippen LogP contribution in [-0.4, -0.2) is 21.7 Å². The monoisotopic (exact) mass is 309 g/mol. The predicted molar refractivity (Wildman–Crippen MR) is 69.8 cm³/mol. The number of Topliss-reactive ketones (excluding diaryl/α,β-unsaturated/α-hetero) is 1. The van der Waals surface area contributed by atoms with Crippen LogP contribution < -0.4 is 0 Å². The molecular formula is C13H12BrNO3. The first kappa shape index (κ1) is 14.4. The first-order valence-corrected chi connectivity index (χ1v) is 6.26. The number of carbonyl (C=O) groups excluding carboxylic acids is 1. The Bertz CT molecular complexity index is 517. The van der Waals surface area contributed by atoms with Crippen LogP contribution in [0.3, 0.4) is 0 Å². The number of carbonyl (C=O) groups is 2. The molecule has 0 spiro atoms. The first-order valence-electron chi connectivity index (χ1n) is 5.35. The van der Waals surface area contributed by atoms with Gasteiger partial charge in [-0.1, -0.05) is 34.1 Å². The van der Waals surface area contributed by atoms with Crippen molar-refractivity contribution in [3.63, 3.8) is 0 Å². The predicted octanol–water partition coefficient (Wildman–Crippen LogP) is 2.35. The average molecular weight is 310 g/mol. The van der Waals surface area contributed by atoms with Gasteiger partial charge in [-0.3, -0.25) is 9.59 Å². The SMILES string of the molecule is CC(Br)C(=O)c1c(CC#N)cccc1CC(=O)O. The summed E-state index contributed by atoms with van der Waals surface area (Å²) in [5, 5.41) is 17.6. The quantitative estimate of drug-likeness (QED) is 0.669. The normalized spacial score (nSPS) is 11.6. The van der Waals surface area contributed by atoms with Gasteiger partial charge in [-0.05, 0) is 18.1 Å². The van der Waals surface area contributed by atoms with E-state index in [1.165, 1.54) is 0 Å². The van der Waals surface area contributed by atoms with Gasteiger partial charge < -0.3 is 5.11 Å². The zero-order chi connectivity index (χ0) is 13.7. The second-order valence-electron chi connectivity index (χ2n) is 3.84. The fourth-order valence-corrected chi connectivity index (χ4v) is 1.94. The summed E-state index contributed by atoms with van der Waals surface area (Å²) in [6.07, 6.45) is -0.131. The molecule has 1 rings (SSSR count). The van der Waals surface area contributed by atoms with Crippen LogP contribution in [0.4, 0.5) is 0 Å². The molecule has 0 aliphatic heterocycles. The van der Waals surface area contributed by atoms with E-state index in [9.17, 15) is 9.59 Å². The summed E-state index contributed by atoms with van der Waals surface area (Å²) in [5.74, 6) is -1.20. The summed E-state index contributed by atoms with van der Waals surface area (Å²) in [5.41, 5.74) is 1.38. The van der Waals surface area contributed by atoms with E-state index in [1.807, 2.05) is 6.07 Å². The number of rotatable bonds is 5. The molecule has 1 unspecified atom stereocenters. The third-order valence-electron chi connectivity index (χ3n) is 2.46. The van der Waals surface area contributed by atoms with Crippen LogP contribution in [0.1, 0.15) is 28.4 Å². The number of nitriles is 1. The summed E-state index contributed by atoms with van der Waals surface area (Å²) in [7, 11) is 0. The second-order valence-corrected chi connectivity index (χ2v) is 5.21. The highest BCUT2D eigenvalue weighted by molar-refractivity contribution is 9.10. The second kappa shape index (κ2) is 6.31. The molecule has 1 N–H and O–H groups in total. The number of nitrogens with zero attached hydrogens (tertiary/aromatic N) is 1. The van der Waals surface area contributed by atoms with E-state index in [4.69, 9.17) is 10.4 Å². The fraction of sp³-hybridized carbons (Fsp3) is 0.308. The highest BCUT2D eigenvalue weighted by atomic mass is 79.9. The largest absolute Gasteiger partial charge is 0.481 e. The summed E-state index contributed by atoms with van der Waals surface area (Å²) in [6, 6.07) is 6.94. The molecule has 5 heteroatoms. The van der Waals surface area contributed by atoms with Gasteiger partial charge in [0, 0.05) is 5.56 Å². The van der Waals surface area contributed by atoms with Crippen LogP contribution in [0.2, 0.25) is 0 Å². The van der Waals surface area contributed by atoms with Gasteiger partial charge in [0.2, 0.25) is 0 Å². The van der Waals surface area contributed by atoms with Crippen molar-refractivity contribution in [3.05, 3.63) is 34.9 Å². The van der Waals surface area contributed by atoms with Crippen molar-refractivity contribution in [2.45, 2.75) is 24.6 Å². The van der Waals surface area contributed by atoms with Crippen molar-refractivity contribution in [2.24, 2.45) is 0 Å². The summed E-state index contributed by atoms with van der Waals surface area (Å²) in [6.45, 7) is 1.68. The van der Waals surface area contributed by atoms with Crippen molar-refractivity contribution in [1.29, 1.82) is 5.26 Å². The van der Waals surface area contributed by atoms with Crippen molar-refractivity contribution in [1.82, 2.24) is 0 Å². The molecule has 1 atom stereocenters. The van der Waals surface area contributed by atoms with Gasteiger partial charge in [-0.2, -0.15) is 5.26 Å². The smallest absolute Gasteiger partial charge is 0.307 e. The third kappa shape index (κ3) is 3.41. The Morgan fingerprint density at radius 3 is 2.56 bits per heavy atom. The maximum Gasteiger partial charge on any atom is 0.307 e. The minimum Gasteiger partial charge on any atom is -0.481 e. The van der Waals surface area contributed by atoms with Gasteiger partial charge >= 0.3 is 5.97 Å². The van der Waals surface area contributed by atoms with Crippen LogP contribution in [0.25, 0.3) is 0 Å². The van der Waals surface area contributed by atoms with Crippen LogP contribution >= 0.6 is 15.9 Å². The highest BCUT2D eigenvalue weighted by Gasteiger charge is 2.20. The molecule has 0 radical (unpaired) electrons. The molecule has 4 nitrogen and oxygen atoms in total. The summed E-state index contributed by atoms with van der Waals surface area (Å²) in [4.78, 5) is 22.5. The number of benzene rings is 1. The molecule has 0 saturated heterocycles. The van der Waals surface area contributed by atoms with E-state index >= 15 is 0 Å². The minimum absolute atomic E-state index is 0.0915. The molecule has 1 aromatic rings. The van der Waals surface area contributed by atoms with E-state index in [0.29, 0.717) is 16.7 Å². The van der Waals surface area contributed by atoms with E-state index < -0.39 is 10.8 Å². The molecule has 0 amide bonds. The zero-order valence-electron chi connectivity index (χ0n) is 9.81. The Kier molecular flexibility index (Phi) is 5.05. The van der Waals surface area contributed by atoms with Crippen LogP contribution in [-0.2, 0) is 17.6 Å². The Labute approximate surface area is 113 Å². The van der Waals surface area contributed by atoms with Crippen LogP contribution in [0.5, 0.6) is 0 Å². The Hall–Kier alpha value is -1.67. The zero-order valence-corrected chi connectivity index (χ0v) is 11.4. The molecule has 0 aliphatic rings. The van der Waals surface area contributed by atoms with Crippen molar-refractivity contribution in [3.8, 4) is 6.07 Å². The van der Waals surface area contributed by atoms with Crippen molar-refractivity contribution in [2.75, 3.05) is 0 Å². The average Bonchev–Trinajstić information content (AvgIpc) is 2.28. The van der Waals surface area contributed by atoms with Gasteiger partial charge in [0.15, 0.2) is 5.78 Å². The Morgan fingerprint density at radius 2 is 2.06 bits per heavy atom. The molecule has 94 valence electrons. The van der Waals surface area contributed by atoms with Crippen LogP contribution in [0.15, 0.2) is 18.2 Å². The van der Waals surface area contributed by atoms with E-state index in [0.717, 1.165) is 0 Å². The number of hydrogen-bond donors (Lipinski definition) is 1. The maximum atomic E-state index is 12.1. The van der Waals surface area contributed by atoms with Gasteiger partial charge in [0.1, 0.15) is 0 Å². The minimum atomic E-state index is -1.000. The van der Waals surface area contributed by atoms with Crippen molar-refractivity contribution >= 4 is 27.7 Å². The lowest BCUT2D eigenvalue weighted by atomic mass is 9.93. The van der Waals surface area contributed by atoms with E-state index in [1.54, 1.807) is 25.1 Å². The number of carboxylic acid groups (broad SMARTS) is 1. The van der Waals surface area contributed by atoms with Gasteiger partial charge in [0.25, 0.3) is 0 Å². The molecule has 18 heavy (non-hydrogen) atoms. The number of halogens is 1. The number of alkyl halides is 1. The maximum absolute atomic E-state index is 12.1. The van der Waals surface area contributed by atoms with Gasteiger partial charge in [0.05, 0.1) is 23.7 Å². The lowest BCUT2D eigenvalue weighted by Crippen LogP contribution is -2.17. The summed E-state index contributed by atoms with van der Waals surface area (Å²) < 4.78 is 0. The number of ketones is 1. The molecule has 1 aromatic carbocycles. The van der Waals surface area contributed by atoms with Gasteiger partial charge in [-0.15, -0.1) is 0 Å². The molecule has 0 heterocycles. The number of hydrogen-bond acceptors (Lipinski definition) is 3. The fourth-order valence-electron chi connectivity index (χ4n) is 1.71. The first-order chi connectivity index (χ1) is 8.47. The Morgan fingerprint density at radius 1 is 1.44 bits per heavy atom. The van der Waals surface area contributed by atoms with E-state index in [2.05, 4.69) is 15.9 Å². The van der Waals surface area contributed by atoms with E-state index in [-0.39, 0.29) is 18.6 Å². The number of aliphatic carboxylic acids is 1. The molecule has 0 saturated carbocycles. The lowest BCUT2D eigenvalue weighted by molar-refractivity contribution is -0.136.